The Morgan fingerprint density at radius 2 is 2.24 bits per heavy atom. The predicted octanol–water partition coefficient (Wildman–Crippen LogP) is 2.47. The van der Waals surface area contributed by atoms with Crippen LogP contribution in [-0.4, -0.2) is 23.8 Å². The highest BCUT2D eigenvalue weighted by molar-refractivity contribution is 6.09. The van der Waals surface area contributed by atoms with Gasteiger partial charge in [0, 0.05) is 10.9 Å². The lowest BCUT2D eigenvalue weighted by atomic mass is 10.1. The number of benzene rings is 1. The third kappa shape index (κ3) is 1.82. The zero-order valence-electron chi connectivity index (χ0n) is 9.74. The summed E-state index contributed by atoms with van der Waals surface area (Å²) < 4.78 is 4.91. The number of H-pyrrole nitrogens is 1. The molecule has 4 heteroatoms. The molecule has 2 rings (SSSR count). The Morgan fingerprint density at radius 1 is 1.47 bits per heavy atom. The first-order chi connectivity index (χ1) is 8.19. The number of hydrogen-bond donors (Lipinski definition) is 1. The highest BCUT2D eigenvalue weighted by Gasteiger charge is 2.19. The second-order valence-electron chi connectivity index (χ2n) is 3.75. The van der Waals surface area contributed by atoms with Crippen LogP contribution in [0.1, 0.15) is 33.3 Å². The van der Waals surface area contributed by atoms with Gasteiger partial charge >= 0.3 is 5.97 Å². The quantitative estimate of drug-likeness (QED) is 0.652. The van der Waals surface area contributed by atoms with E-state index in [0.717, 1.165) is 16.5 Å². The van der Waals surface area contributed by atoms with E-state index in [1.54, 1.807) is 6.92 Å². The molecular formula is C13H13NO3. The van der Waals surface area contributed by atoms with Gasteiger partial charge < -0.3 is 9.72 Å². The first-order valence-corrected chi connectivity index (χ1v) is 5.42. The molecule has 0 unspecified atom stereocenters. The molecular weight excluding hydrogens is 218 g/mol. The topological polar surface area (TPSA) is 59.2 Å². The van der Waals surface area contributed by atoms with Crippen LogP contribution in [0.3, 0.4) is 0 Å². The smallest absolute Gasteiger partial charge is 0.355 e. The number of hydrogen-bond acceptors (Lipinski definition) is 3. The monoisotopic (exact) mass is 231 g/mol. The highest BCUT2D eigenvalue weighted by Crippen LogP contribution is 2.24. The van der Waals surface area contributed by atoms with Crippen LogP contribution in [0, 0.1) is 6.92 Å². The Labute approximate surface area is 98.6 Å². The van der Waals surface area contributed by atoms with E-state index in [9.17, 15) is 9.59 Å². The van der Waals surface area contributed by atoms with Gasteiger partial charge in [-0.2, -0.15) is 0 Å². The fourth-order valence-electron chi connectivity index (χ4n) is 1.94. The fraction of sp³-hybridized carbons (Fsp3) is 0.231. The van der Waals surface area contributed by atoms with E-state index in [4.69, 9.17) is 4.74 Å². The van der Waals surface area contributed by atoms with Crippen molar-refractivity contribution in [3.8, 4) is 0 Å². The second-order valence-corrected chi connectivity index (χ2v) is 3.75. The van der Waals surface area contributed by atoms with Crippen molar-refractivity contribution in [2.75, 3.05) is 6.61 Å². The van der Waals surface area contributed by atoms with Gasteiger partial charge in [-0.15, -0.1) is 0 Å². The molecule has 2 aromatic rings. The highest BCUT2D eigenvalue weighted by atomic mass is 16.5. The lowest BCUT2D eigenvalue weighted by molar-refractivity contribution is 0.0518. The number of aromatic amines is 1. The number of carbonyl (C=O) groups is 2. The van der Waals surface area contributed by atoms with Crippen molar-refractivity contribution in [3.63, 3.8) is 0 Å². The number of rotatable bonds is 3. The first-order valence-electron chi connectivity index (χ1n) is 5.42. The maximum absolute atomic E-state index is 11.7. The summed E-state index contributed by atoms with van der Waals surface area (Å²) in [6.07, 6.45) is 0.693. The van der Waals surface area contributed by atoms with Gasteiger partial charge in [-0.3, -0.25) is 4.79 Å². The lowest BCUT2D eigenvalue weighted by Gasteiger charge is -1.99. The molecule has 0 fully saturated rings. The summed E-state index contributed by atoms with van der Waals surface area (Å²) in [6.45, 7) is 3.91. The van der Waals surface area contributed by atoms with Gasteiger partial charge in [-0.1, -0.05) is 12.1 Å². The number of aromatic nitrogens is 1. The van der Waals surface area contributed by atoms with Gasteiger partial charge in [-0.05, 0) is 25.5 Å². The van der Waals surface area contributed by atoms with Crippen molar-refractivity contribution in [3.05, 3.63) is 35.0 Å². The maximum atomic E-state index is 11.7. The largest absolute Gasteiger partial charge is 0.461 e. The molecule has 0 aliphatic heterocycles. The van der Waals surface area contributed by atoms with Crippen molar-refractivity contribution >= 4 is 23.2 Å². The predicted molar refractivity (Wildman–Crippen MR) is 64.4 cm³/mol. The number of aldehydes is 1. The van der Waals surface area contributed by atoms with Crippen molar-refractivity contribution in [2.45, 2.75) is 13.8 Å². The summed E-state index contributed by atoms with van der Waals surface area (Å²) >= 11 is 0. The molecule has 1 N–H and O–H groups in total. The average Bonchev–Trinajstić information content (AvgIpc) is 2.69. The molecule has 0 radical (unpaired) electrons. The molecule has 0 amide bonds. The van der Waals surface area contributed by atoms with Gasteiger partial charge in [0.25, 0.3) is 0 Å². The molecule has 0 bridgehead atoms. The molecule has 0 atom stereocenters. The normalized spacial score (nSPS) is 10.5. The summed E-state index contributed by atoms with van der Waals surface area (Å²) in [6, 6.07) is 5.61. The number of esters is 1. The fourth-order valence-corrected chi connectivity index (χ4v) is 1.94. The van der Waals surface area contributed by atoms with Gasteiger partial charge in [-0.25, -0.2) is 4.79 Å². The lowest BCUT2D eigenvalue weighted by Crippen LogP contribution is -2.07. The van der Waals surface area contributed by atoms with Gasteiger partial charge in [0.1, 0.15) is 5.69 Å². The molecule has 1 aromatic carbocycles. The van der Waals surface area contributed by atoms with Crippen LogP contribution in [0.4, 0.5) is 0 Å². The summed E-state index contributed by atoms with van der Waals surface area (Å²) in [5.41, 5.74) is 2.33. The van der Waals surface area contributed by atoms with E-state index >= 15 is 0 Å². The third-order valence-corrected chi connectivity index (χ3v) is 2.67. The summed E-state index contributed by atoms with van der Waals surface area (Å²) in [4.78, 5) is 25.8. The van der Waals surface area contributed by atoms with E-state index < -0.39 is 5.97 Å². The first kappa shape index (κ1) is 11.4. The van der Waals surface area contributed by atoms with E-state index in [-0.39, 0.29) is 12.3 Å². The standard InChI is InChI=1S/C13H13NO3/c1-3-17-13(16)12-9(7-15)11-8(2)5-4-6-10(11)14-12/h4-7,14H,3H2,1-2H3. The number of ether oxygens (including phenoxy) is 1. The number of fused-ring (bicyclic) bond motifs is 1. The summed E-state index contributed by atoms with van der Waals surface area (Å²) in [5, 5.41) is 0.783. The molecule has 4 nitrogen and oxygen atoms in total. The zero-order valence-corrected chi connectivity index (χ0v) is 9.74. The minimum atomic E-state index is -0.495. The maximum Gasteiger partial charge on any atom is 0.355 e. The Bertz CT molecular complexity index is 584. The van der Waals surface area contributed by atoms with Crippen LogP contribution in [0.25, 0.3) is 10.9 Å². The zero-order chi connectivity index (χ0) is 12.4. The van der Waals surface area contributed by atoms with Gasteiger partial charge in [0.05, 0.1) is 12.2 Å². The molecule has 0 spiro atoms. The second kappa shape index (κ2) is 4.41. The van der Waals surface area contributed by atoms with Gasteiger partial charge in [0.2, 0.25) is 0 Å². The number of nitrogens with one attached hydrogen (secondary N) is 1. The van der Waals surface area contributed by atoms with Crippen molar-refractivity contribution in [1.29, 1.82) is 0 Å². The Kier molecular flexibility index (Phi) is 2.95. The van der Waals surface area contributed by atoms with Crippen LogP contribution in [-0.2, 0) is 4.74 Å². The SMILES string of the molecule is CCOC(=O)c1[nH]c2cccc(C)c2c1C=O. The van der Waals surface area contributed by atoms with Crippen LogP contribution in [0.5, 0.6) is 0 Å². The van der Waals surface area contributed by atoms with E-state index in [1.165, 1.54) is 0 Å². The van der Waals surface area contributed by atoms with E-state index in [0.29, 0.717) is 11.8 Å². The molecule has 0 aliphatic rings. The Morgan fingerprint density at radius 3 is 2.88 bits per heavy atom. The van der Waals surface area contributed by atoms with Crippen LogP contribution < -0.4 is 0 Å². The van der Waals surface area contributed by atoms with Crippen molar-refractivity contribution in [2.24, 2.45) is 0 Å². The molecule has 17 heavy (non-hydrogen) atoms. The third-order valence-electron chi connectivity index (χ3n) is 2.67. The molecule has 1 aromatic heterocycles. The van der Waals surface area contributed by atoms with Crippen LogP contribution >= 0.6 is 0 Å². The molecule has 0 saturated carbocycles. The molecule has 0 aliphatic carbocycles. The number of carbonyl (C=O) groups excluding carboxylic acids is 2. The minimum Gasteiger partial charge on any atom is -0.461 e. The average molecular weight is 231 g/mol. The Balaban J connectivity index is 2.69. The molecule has 1 heterocycles. The number of aryl methyl sites for hydroxylation is 1. The van der Waals surface area contributed by atoms with Gasteiger partial charge in [0.15, 0.2) is 6.29 Å². The van der Waals surface area contributed by atoms with Crippen LogP contribution in [0.2, 0.25) is 0 Å². The Hall–Kier alpha value is -2.10. The van der Waals surface area contributed by atoms with E-state index in [1.807, 2.05) is 25.1 Å². The van der Waals surface area contributed by atoms with Crippen molar-refractivity contribution < 1.29 is 14.3 Å². The molecule has 88 valence electrons. The van der Waals surface area contributed by atoms with E-state index in [2.05, 4.69) is 4.98 Å². The summed E-state index contributed by atoms with van der Waals surface area (Å²) in [7, 11) is 0. The summed E-state index contributed by atoms with van der Waals surface area (Å²) in [5.74, 6) is -0.495. The molecule has 0 saturated heterocycles. The minimum absolute atomic E-state index is 0.228. The van der Waals surface area contributed by atoms with Crippen LogP contribution in [0.15, 0.2) is 18.2 Å². The van der Waals surface area contributed by atoms with Crippen molar-refractivity contribution in [1.82, 2.24) is 4.98 Å².